The molecule has 0 aromatic heterocycles. The molecule has 0 amide bonds. The Hall–Kier alpha value is -0.0900. The lowest BCUT2D eigenvalue weighted by Gasteiger charge is -2.05. The Labute approximate surface area is 87.2 Å². The number of hydrogen-bond acceptors (Lipinski definition) is 1. The minimum Gasteiger partial charge on any atom is -0.495 e. The highest BCUT2D eigenvalue weighted by Gasteiger charge is 2.06. The molecule has 1 rings (SSSR count). The van der Waals surface area contributed by atoms with E-state index in [1.165, 1.54) is 13.2 Å². The van der Waals surface area contributed by atoms with Gasteiger partial charge in [0.1, 0.15) is 11.6 Å². The zero-order valence-corrected chi connectivity index (χ0v) is 9.58. The SMILES string of the molecule is COc1cc(F)c(CBr)cc1Br. The molecule has 1 aromatic rings. The molecular formula is C8H7Br2FO. The fraction of sp³-hybridized carbons (Fsp3) is 0.250. The van der Waals surface area contributed by atoms with Crippen LogP contribution < -0.4 is 4.74 Å². The van der Waals surface area contributed by atoms with Crippen LogP contribution in [0.25, 0.3) is 0 Å². The second-order valence-electron chi connectivity index (χ2n) is 2.21. The number of halogens is 3. The molecule has 0 saturated carbocycles. The van der Waals surface area contributed by atoms with E-state index in [0.29, 0.717) is 16.6 Å². The van der Waals surface area contributed by atoms with Crippen molar-refractivity contribution in [2.45, 2.75) is 5.33 Å². The lowest BCUT2D eigenvalue weighted by Crippen LogP contribution is -1.90. The van der Waals surface area contributed by atoms with Crippen LogP contribution in [0.4, 0.5) is 4.39 Å². The fourth-order valence-corrected chi connectivity index (χ4v) is 1.81. The summed E-state index contributed by atoms with van der Waals surface area (Å²) in [7, 11) is 1.51. The molecule has 0 heterocycles. The first kappa shape index (κ1) is 9.99. The summed E-state index contributed by atoms with van der Waals surface area (Å²) in [6.45, 7) is 0. The average molecular weight is 298 g/mol. The summed E-state index contributed by atoms with van der Waals surface area (Å²) in [5, 5.41) is 0.501. The normalized spacial score (nSPS) is 10.0. The molecule has 12 heavy (non-hydrogen) atoms. The first-order valence-corrected chi connectivity index (χ1v) is 5.18. The van der Waals surface area contributed by atoms with Crippen molar-refractivity contribution in [1.82, 2.24) is 0 Å². The standard InChI is InChI=1S/C8H7Br2FO/c1-12-8-3-7(11)5(4-9)2-6(8)10/h2-3H,4H2,1H3. The Morgan fingerprint density at radius 3 is 2.67 bits per heavy atom. The molecule has 0 fully saturated rings. The van der Waals surface area contributed by atoms with Crippen molar-refractivity contribution < 1.29 is 9.13 Å². The van der Waals surface area contributed by atoms with Gasteiger partial charge < -0.3 is 4.74 Å². The van der Waals surface area contributed by atoms with Gasteiger partial charge in [-0.3, -0.25) is 0 Å². The van der Waals surface area contributed by atoms with Gasteiger partial charge in [0.2, 0.25) is 0 Å². The van der Waals surface area contributed by atoms with Crippen LogP contribution in [-0.4, -0.2) is 7.11 Å². The third-order valence-corrected chi connectivity index (χ3v) is 2.69. The maximum atomic E-state index is 13.1. The van der Waals surface area contributed by atoms with Crippen molar-refractivity contribution in [2.24, 2.45) is 0 Å². The molecule has 0 unspecified atom stereocenters. The van der Waals surface area contributed by atoms with Crippen LogP contribution >= 0.6 is 31.9 Å². The number of benzene rings is 1. The summed E-state index contributed by atoms with van der Waals surface area (Å²) in [4.78, 5) is 0. The molecule has 0 aliphatic carbocycles. The summed E-state index contributed by atoms with van der Waals surface area (Å²) in [5.74, 6) is 0.254. The Kier molecular flexibility index (Phi) is 3.53. The van der Waals surface area contributed by atoms with Gasteiger partial charge in [0.05, 0.1) is 11.6 Å². The number of hydrogen-bond donors (Lipinski definition) is 0. The largest absolute Gasteiger partial charge is 0.495 e. The van der Waals surface area contributed by atoms with Crippen LogP contribution in [0.1, 0.15) is 5.56 Å². The molecule has 1 nitrogen and oxygen atoms in total. The second kappa shape index (κ2) is 4.23. The zero-order valence-electron chi connectivity index (χ0n) is 6.40. The third-order valence-electron chi connectivity index (χ3n) is 1.46. The van der Waals surface area contributed by atoms with E-state index in [0.717, 1.165) is 4.47 Å². The fourth-order valence-electron chi connectivity index (χ4n) is 0.829. The predicted octanol–water partition coefficient (Wildman–Crippen LogP) is 3.49. The van der Waals surface area contributed by atoms with Crippen molar-refractivity contribution >= 4 is 31.9 Å². The Balaban J connectivity index is 3.16. The van der Waals surface area contributed by atoms with Gasteiger partial charge in [0, 0.05) is 11.4 Å². The van der Waals surface area contributed by atoms with E-state index in [2.05, 4.69) is 31.9 Å². The van der Waals surface area contributed by atoms with E-state index in [1.54, 1.807) is 6.07 Å². The summed E-state index contributed by atoms with van der Waals surface area (Å²) in [6, 6.07) is 3.06. The van der Waals surface area contributed by atoms with Crippen molar-refractivity contribution in [3.8, 4) is 5.75 Å². The maximum Gasteiger partial charge on any atom is 0.135 e. The molecule has 0 radical (unpaired) electrons. The van der Waals surface area contributed by atoms with Crippen LogP contribution in [0.3, 0.4) is 0 Å². The molecule has 1 aromatic carbocycles. The van der Waals surface area contributed by atoms with Crippen LogP contribution in [0.5, 0.6) is 5.75 Å². The molecule has 66 valence electrons. The molecule has 0 bridgehead atoms. The first-order valence-electron chi connectivity index (χ1n) is 3.27. The van der Waals surface area contributed by atoms with Crippen LogP contribution in [0.15, 0.2) is 16.6 Å². The van der Waals surface area contributed by atoms with Crippen molar-refractivity contribution in [3.63, 3.8) is 0 Å². The topological polar surface area (TPSA) is 9.23 Å². The van der Waals surface area contributed by atoms with Gasteiger partial charge in [0.15, 0.2) is 0 Å². The Bertz CT molecular complexity index is 259. The molecule has 0 spiro atoms. The molecule has 0 N–H and O–H groups in total. The smallest absolute Gasteiger partial charge is 0.135 e. The highest BCUT2D eigenvalue weighted by atomic mass is 79.9. The van der Waals surface area contributed by atoms with Gasteiger partial charge in [0.25, 0.3) is 0 Å². The highest BCUT2D eigenvalue weighted by Crippen LogP contribution is 2.28. The van der Waals surface area contributed by atoms with E-state index in [1.807, 2.05) is 0 Å². The van der Waals surface area contributed by atoms with E-state index < -0.39 is 0 Å². The van der Waals surface area contributed by atoms with Crippen LogP contribution in [0.2, 0.25) is 0 Å². The number of ether oxygens (including phenoxy) is 1. The number of methoxy groups -OCH3 is 1. The molecule has 0 saturated heterocycles. The Morgan fingerprint density at radius 1 is 1.50 bits per heavy atom. The minimum atomic E-state index is -0.257. The van der Waals surface area contributed by atoms with Crippen LogP contribution in [-0.2, 0) is 5.33 Å². The number of rotatable bonds is 2. The molecule has 4 heteroatoms. The summed E-state index contributed by atoms with van der Waals surface area (Å²) < 4.78 is 18.8. The van der Waals surface area contributed by atoms with Gasteiger partial charge >= 0.3 is 0 Å². The lowest BCUT2D eigenvalue weighted by atomic mass is 10.2. The summed E-state index contributed by atoms with van der Waals surface area (Å²) >= 11 is 6.46. The van der Waals surface area contributed by atoms with Gasteiger partial charge in [-0.25, -0.2) is 4.39 Å². The van der Waals surface area contributed by atoms with E-state index in [4.69, 9.17) is 4.74 Å². The second-order valence-corrected chi connectivity index (χ2v) is 3.63. The lowest BCUT2D eigenvalue weighted by molar-refractivity contribution is 0.408. The molecule has 0 aliphatic heterocycles. The van der Waals surface area contributed by atoms with Crippen LogP contribution in [0, 0.1) is 5.82 Å². The van der Waals surface area contributed by atoms with Gasteiger partial charge in [-0.1, -0.05) is 15.9 Å². The van der Waals surface area contributed by atoms with Gasteiger partial charge in [-0.2, -0.15) is 0 Å². The van der Waals surface area contributed by atoms with Crippen molar-refractivity contribution in [1.29, 1.82) is 0 Å². The van der Waals surface area contributed by atoms with E-state index in [9.17, 15) is 4.39 Å². The van der Waals surface area contributed by atoms with E-state index in [-0.39, 0.29) is 5.82 Å². The predicted molar refractivity (Wildman–Crippen MR) is 53.3 cm³/mol. The third kappa shape index (κ3) is 1.98. The monoisotopic (exact) mass is 296 g/mol. The summed E-state index contributed by atoms with van der Waals surface area (Å²) in [6.07, 6.45) is 0. The molecular weight excluding hydrogens is 291 g/mol. The average Bonchev–Trinajstić information content (AvgIpc) is 2.08. The molecule has 0 aliphatic rings. The van der Waals surface area contributed by atoms with Gasteiger partial charge in [-0.15, -0.1) is 0 Å². The van der Waals surface area contributed by atoms with Gasteiger partial charge in [-0.05, 0) is 27.6 Å². The minimum absolute atomic E-state index is 0.257. The number of alkyl halides is 1. The quantitative estimate of drug-likeness (QED) is 0.759. The highest BCUT2D eigenvalue weighted by molar-refractivity contribution is 9.10. The molecule has 0 atom stereocenters. The van der Waals surface area contributed by atoms with E-state index >= 15 is 0 Å². The Morgan fingerprint density at radius 2 is 2.17 bits per heavy atom. The van der Waals surface area contributed by atoms with Crippen molar-refractivity contribution in [2.75, 3.05) is 7.11 Å². The maximum absolute atomic E-state index is 13.1. The van der Waals surface area contributed by atoms with Crippen molar-refractivity contribution in [3.05, 3.63) is 28.0 Å². The first-order chi connectivity index (χ1) is 5.69. The summed E-state index contributed by atoms with van der Waals surface area (Å²) in [5.41, 5.74) is 0.614. The zero-order chi connectivity index (χ0) is 9.14.